The highest BCUT2D eigenvalue weighted by Gasteiger charge is 2.27. The zero-order valence-electron chi connectivity index (χ0n) is 16.4. The van der Waals surface area contributed by atoms with Gasteiger partial charge < -0.3 is 9.30 Å². The number of esters is 1. The lowest BCUT2D eigenvalue weighted by Crippen LogP contribution is -2.29. The Morgan fingerprint density at radius 1 is 1.27 bits per heavy atom. The quantitative estimate of drug-likeness (QED) is 0.314. The lowest BCUT2D eigenvalue weighted by Gasteiger charge is -2.21. The van der Waals surface area contributed by atoms with Crippen LogP contribution in [0.25, 0.3) is 11.0 Å². The van der Waals surface area contributed by atoms with Crippen LogP contribution in [0.2, 0.25) is 0 Å². The Hall–Kier alpha value is -2.60. The molecule has 0 bridgehead atoms. The van der Waals surface area contributed by atoms with Crippen molar-refractivity contribution < 1.29 is 23.1 Å². The molecule has 1 aromatic carbocycles. The van der Waals surface area contributed by atoms with E-state index in [0.29, 0.717) is 16.5 Å². The first-order valence-electron chi connectivity index (χ1n) is 9.04. The van der Waals surface area contributed by atoms with Gasteiger partial charge in [0.05, 0.1) is 29.7 Å². The molecule has 1 N–H and O–H groups in total. The van der Waals surface area contributed by atoms with Crippen LogP contribution in [0.5, 0.6) is 0 Å². The first-order valence-corrected chi connectivity index (χ1v) is 10.8. The first-order chi connectivity index (χ1) is 14.3. The number of nitrogens with one attached hydrogen (secondary N) is 1. The fourth-order valence-corrected chi connectivity index (χ4v) is 4.37. The Morgan fingerprint density at radius 2 is 2.00 bits per heavy atom. The predicted octanol–water partition coefficient (Wildman–Crippen LogP) is 3.66. The molecule has 1 amide bonds. The van der Waals surface area contributed by atoms with Gasteiger partial charge in [-0.05, 0) is 12.8 Å². The SMILES string of the molecule is CCOC(=O)CSc1nnc(NC(=O)C(C(C)C)n2cnc3cc(F)c(F)cc32)s1. The summed E-state index contributed by atoms with van der Waals surface area (Å²) in [5.41, 5.74) is 0.562. The Bertz CT molecular complexity index is 1070. The van der Waals surface area contributed by atoms with Crippen molar-refractivity contribution in [2.75, 3.05) is 17.7 Å². The van der Waals surface area contributed by atoms with E-state index in [2.05, 4.69) is 20.5 Å². The molecule has 12 heteroatoms. The zero-order chi connectivity index (χ0) is 21.8. The lowest BCUT2D eigenvalue weighted by molar-refractivity contribution is -0.139. The lowest BCUT2D eigenvalue weighted by atomic mass is 10.0. The fraction of sp³-hybridized carbons (Fsp3) is 0.389. The van der Waals surface area contributed by atoms with E-state index in [9.17, 15) is 18.4 Å². The van der Waals surface area contributed by atoms with Crippen molar-refractivity contribution in [1.29, 1.82) is 0 Å². The topological polar surface area (TPSA) is 99.0 Å². The van der Waals surface area contributed by atoms with Crippen LogP contribution in [0, 0.1) is 17.6 Å². The molecule has 0 aliphatic rings. The van der Waals surface area contributed by atoms with Crippen LogP contribution in [-0.4, -0.2) is 44.0 Å². The number of anilines is 1. The summed E-state index contributed by atoms with van der Waals surface area (Å²) in [6.45, 7) is 5.68. The normalized spacial score (nSPS) is 12.3. The van der Waals surface area contributed by atoms with Gasteiger partial charge in [-0.1, -0.05) is 36.9 Å². The van der Waals surface area contributed by atoms with E-state index < -0.39 is 23.6 Å². The summed E-state index contributed by atoms with van der Waals surface area (Å²) in [6.07, 6.45) is 1.38. The standard InChI is InChI=1S/C18H19F2N5O3S2/c1-4-28-14(26)7-29-18-24-23-17(30-18)22-16(27)15(9(2)3)25-8-21-12-5-10(19)11(20)6-13(12)25/h5-6,8-9,15H,4,7H2,1-3H3,(H,22,23,27). The number of fused-ring (bicyclic) bond motifs is 1. The molecule has 0 fully saturated rings. The molecule has 0 saturated carbocycles. The number of halogens is 2. The second kappa shape index (κ2) is 9.47. The molecule has 0 saturated heterocycles. The van der Waals surface area contributed by atoms with Gasteiger partial charge in [0, 0.05) is 12.1 Å². The van der Waals surface area contributed by atoms with Crippen LogP contribution in [-0.2, 0) is 14.3 Å². The number of nitrogens with zero attached hydrogens (tertiary/aromatic N) is 4. The average Bonchev–Trinajstić information content (AvgIpc) is 3.28. The van der Waals surface area contributed by atoms with Gasteiger partial charge in [-0.3, -0.25) is 14.9 Å². The van der Waals surface area contributed by atoms with Crippen LogP contribution >= 0.6 is 23.1 Å². The van der Waals surface area contributed by atoms with Crippen molar-refractivity contribution in [3.63, 3.8) is 0 Å². The van der Waals surface area contributed by atoms with Crippen molar-refractivity contribution in [2.45, 2.75) is 31.2 Å². The molecule has 8 nitrogen and oxygen atoms in total. The molecule has 1 atom stereocenters. The highest BCUT2D eigenvalue weighted by molar-refractivity contribution is 8.01. The van der Waals surface area contributed by atoms with Gasteiger partial charge in [0.15, 0.2) is 16.0 Å². The molecule has 3 rings (SSSR count). The summed E-state index contributed by atoms with van der Waals surface area (Å²) in [6, 6.07) is 1.28. The van der Waals surface area contributed by atoms with Gasteiger partial charge in [-0.2, -0.15) is 0 Å². The van der Waals surface area contributed by atoms with Gasteiger partial charge in [-0.15, -0.1) is 10.2 Å². The smallest absolute Gasteiger partial charge is 0.316 e. The Labute approximate surface area is 179 Å². The number of aromatic nitrogens is 4. The maximum atomic E-state index is 13.7. The summed E-state index contributed by atoms with van der Waals surface area (Å²) in [5.74, 6) is -2.86. The minimum absolute atomic E-state index is 0.0915. The summed E-state index contributed by atoms with van der Waals surface area (Å²) in [4.78, 5) is 28.4. The molecular weight excluding hydrogens is 436 g/mol. The van der Waals surface area contributed by atoms with Crippen molar-refractivity contribution in [2.24, 2.45) is 5.92 Å². The largest absolute Gasteiger partial charge is 0.465 e. The summed E-state index contributed by atoms with van der Waals surface area (Å²) < 4.78 is 34.1. The highest BCUT2D eigenvalue weighted by atomic mass is 32.2. The molecule has 0 aliphatic heterocycles. The van der Waals surface area contributed by atoms with E-state index in [4.69, 9.17) is 4.74 Å². The monoisotopic (exact) mass is 455 g/mol. The van der Waals surface area contributed by atoms with Gasteiger partial charge in [0.25, 0.3) is 0 Å². The van der Waals surface area contributed by atoms with Crippen molar-refractivity contribution in [1.82, 2.24) is 19.7 Å². The fourth-order valence-electron chi connectivity index (χ4n) is 2.82. The Kier molecular flexibility index (Phi) is 6.98. The van der Waals surface area contributed by atoms with E-state index in [1.165, 1.54) is 10.9 Å². The van der Waals surface area contributed by atoms with Crippen molar-refractivity contribution >= 4 is 51.1 Å². The zero-order valence-corrected chi connectivity index (χ0v) is 18.0. The number of hydrogen-bond acceptors (Lipinski definition) is 8. The third-order valence-corrected chi connectivity index (χ3v) is 6.02. The average molecular weight is 456 g/mol. The van der Waals surface area contributed by atoms with E-state index in [-0.39, 0.29) is 28.3 Å². The van der Waals surface area contributed by atoms with Gasteiger partial charge >= 0.3 is 5.97 Å². The minimum atomic E-state index is -1.01. The van der Waals surface area contributed by atoms with Crippen LogP contribution in [0.4, 0.5) is 13.9 Å². The summed E-state index contributed by atoms with van der Waals surface area (Å²) in [7, 11) is 0. The number of imidazole rings is 1. The number of ether oxygens (including phenoxy) is 1. The molecule has 160 valence electrons. The molecule has 2 heterocycles. The van der Waals surface area contributed by atoms with Crippen LogP contribution in [0.15, 0.2) is 22.8 Å². The van der Waals surface area contributed by atoms with Crippen LogP contribution in [0.3, 0.4) is 0 Å². The second-order valence-electron chi connectivity index (χ2n) is 6.55. The molecule has 30 heavy (non-hydrogen) atoms. The number of carbonyl (C=O) groups excluding carboxylic acids is 2. The number of amides is 1. The van der Waals surface area contributed by atoms with Crippen molar-refractivity contribution in [3.8, 4) is 0 Å². The van der Waals surface area contributed by atoms with Crippen LogP contribution < -0.4 is 5.32 Å². The Morgan fingerprint density at radius 3 is 2.70 bits per heavy atom. The van der Waals surface area contributed by atoms with Gasteiger partial charge in [-0.25, -0.2) is 13.8 Å². The number of thioether (sulfide) groups is 1. The van der Waals surface area contributed by atoms with E-state index in [0.717, 1.165) is 35.2 Å². The number of benzene rings is 1. The summed E-state index contributed by atoms with van der Waals surface area (Å²) in [5, 5.41) is 10.8. The molecule has 0 radical (unpaired) electrons. The van der Waals surface area contributed by atoms with Crippen LogP contribution in [0.1, 0.15) is 26.8 Å². The number of rotatable bonds is 8. The maximum Gasteiger partial charge on any atom is 0.316 e. The Balaban J connectivity index is 1.76. The minimum Gasteiger partial charge on any atom is -0.465 e. The third-order valence-electron chi connectivity index (χ3n) is 4.07. The number of hydrogen-bond donors (Lipinski definition) is 1. The van der Waals surface area contributed by atoms with E-state index in [1.54, 1.807) is 6.92 Å². The predicted molar refractivity (Wildman–Crippen MR) is 109 cm³/mol. The molecule has 2 aromatic heterocycles. The second-order valence-corrected chi connectivity index (χ2v) is 8.75. The molecule has 0 spiro atoms. The summed E-state index contributed by atoms with van der Waals surface area (Å²) >= 11 is 2.28. The molecule has 3 aromatic rings. The first kappa shape index (κ1) is 22.1. The van der Waals surface area contributed by atoms with Gasteiger partial charge in [0.2, 0.25) is 11.0 Å². The highest BCUT2D eigenvalue weighted by Crippen LogP contribution is 2.29. The van der Waals surface area contributed by atoms with Crippen molar-refractivity contribution in [3.05, 3.63) is 30.1 Å². The van der Waals surface area contributed by atoms with Gasteiger partial charge in [0.1, 0.15) is 6.04 Å². The third kappa shape index (κ3) is 4.93. The molecule has 1 unspecified atom stereocenters. The number of carbonyl (C=O) groups is 2. The van der Waals surface area contributed by atoms with E-state index >= 15 is 0 Å². The molecular formula is C18H19F2N5O3S2. The van der Waals surface area contributed by atoms with E-state index in [1.807, 2.05) is 13.8 Å². The maximum absolute atomic E-state index is 13.7. The molecule has 0 aliphatic carbocycles.